The van der Waals surface area contributed by atoms with E-state index in [1.165, 1.54) is 13.8 Å². The van der Waals surface area contributed by atoms with E-state index in [1.807, 2.05) is 0 Å². The average molecular weight is 334 g/mol. The standard InChI is InChI=1S/2C9H10FNO/c2*1-5-3-7(11)4-8(10)9(5)6(2)12/h2*3-4H,11H2,1-2H3. The van der Waals surface area contributed by atoms with E-state index in [1.54, 1.807) is 26.0 Å². The van der Waals surface area contributed by atoms with E-state index < -0.39 is 11.6 Å². The number of anilines is 2. The van der Waals surface area contributed by atoms with Crippen molar-refractivity contribution in [1.82, 2.24) is 0 Å². The fourth-order valence-electron chi connectivity index (χ4n) is 2.43. The Morgan fingerprint density at radius 1 is 0.750 bits per heavy atom. The first-order chi connectivity index (χ1) is 11.0. The molecular formula is C18H20F2N2O2. The summed E-state index contributed by atoms with van der Waals surface area (Å²) in [6, 6.07) is 5.48. The highest BCUT2D eigenvalue weighted by molar-refractivity contribution is 5.96. The van der Waals surface area contributed by atoms with Crippen LogP contribution >= 0.6 is 0 Å². The first-order valence-corrected chi connectivity index (χ1v) is 7.17. The molecule has 0 aliphatic carbocycles. The van der Waals surface area contributed by atoms with E-state index in [0.29, 0.717) is 22.5 Å². The molecule has 0 atom stereocenters. The van der Waals surface area contributed by atoms with Gasteiger partial charge in [0.05, 0.1) is 11.1 Å². The van der Waals surface area contributed by atoms with Gasteiger partial charge in [-0.2, -0.15) is 0 Å². The first-order valence-electron chi connectivity index (χ1n) is 7.17. The Morgan fingerprint density at radius 3 is 1.25 bits per heavy atom. The Kier molecular flexibility index (Phi) is 6.17. The second-order valence-corrected chi connectivity index (χ2v) is 5.50. The van der Waals surface area contributed by atoms with Crippen LogP contribution in [0.3, 0.4) is 0 Å². The van der Waals surface area contributed by atoms with Crippen molar-refractivity contribution in [2.24, 2.45) is 0 Å². The van der Waals surface area contributed by atoms with E-state index in [-0.39, 0.29) is 22.7 Å². The Hall–Kier alpha value is -2.76. The Morgan fingerprint density at radius 2 is 1.04 bits per heavy atom. The van der Waals surface area contributed by atoms with Crippen molar-refractivity contribution in [3.05, 3.63) is 58.2 Å². The third-order valence-electron chi connectivity index (χ3n) is 3.32. The summed E-state index contributed by atoms with van der Waals surface area (Å²) in [7, 11) is 0. The summed E-state index contributed by atoms with van der Waals surface area (Å²) in [5, 5.41) is 0. The Labute approximate surface area is 139 Å². The molecule has 0 saturated heterocycles. The molecule has 0 spiro atoms. The van der Waals surface area contributed by atoms with Crippen LogP contribution in [0.5, 0.6) is 0 Å². The van der Waals surface area contributed by atoms with Crippen molar-refractivity contribution >= 4 is 22.9 Å². The van der Waals surface area contributed by atoms with Crippen LogP contribution in [-0.4, -0.2) is 11.6 Å². The number of ketones is 2. The summed E-state index contributed by atoms with van der Waals surface area (Å²) in [5.74, 6) is -1.63. The van der Waals surface area contributed by atoms with Crippen molar-refractivity contribution in [3.63, 3.8) is 0 Å². The maximum Gasteiger partial charge on any atom is 0.163 e. The predicted molar refractivity (Wildman–Crippen MR) is 91.1 cm³/mol. The molecule has 0 saturated carbocycles. The van der Waals surface area contributed by atoms with Crippen LogP contribution in [0.4, 0.5) is 20.2 Å². The third kappa shape index (κ3) is 4.62. The zero-order valence-electron chi connectivity index (χ0n) is 14.0. The quantitative estimate of drug-likeness (QED) is 0.645. The number of aryl methyl sites for hydroxylation is 2. The molecule has 2 rings (SSSR count). The van der Waals surface area contributed by atoms with Crippen LogP contribution in [0.15, 0.2) is 24.3 Å². The minimum Gasteiger partial charge on any atom is -0.399 e. The van der Waals surface area contributed by atoms with Crippen LogP contribution in [0.1, 0.15) is 45.7 Å². The van der Waals surface area contributed by atoms with Gasteiger partial charge in [-0.3, -0.25) is 9.59 Å². The van der Waals surface area contributed by atoms with Gasteiger partial charge in [-0.05, 0) is 63.1 Å². The van der Waals surface area contributed by atoms with Crippen LogP contribution in [0.2, 0.25) is 0 Å². The molecular weight excluding hydrogens is 314 g/mol. The number of rotatable bonds is 2. The van der Waals surface area contributed by atoms with Gasteiger partial charge in [0.2, 0.25) is 0 Å². The zero-order valence-corrected chi connectivity index (χ0v) is 14.0. The molecule has 0 heterocycles. The van der Waals surface area contributed by atoms with Gasteiger partial charge in [0.1, 0.15) is 11.6 Å². The maximum atomic E-state index is 13.1. The van der Waals surface area contributed by atoms with Crippen molar-refractivity contribution in [1.29, 1.82) is 0 Å². The molecule has 0 amide bonds. The number of hydrogen-bond acceptors (Lipinski definition) is 4. The number of carbonyl (C=O) groups is 2. The third-order valence-corrected chi connectivity index (χ3v) is 3.32. The van der Waals surface area contributed by atoms with Gasteiger partial charge >= 0.3 is 0 Å². The largest absolute Gasteiger partial charge is 0.399 e. The summed E-state index contributed by atoms with van der Waals surface area (Å²) < 4.78 is 26.1. The molecule has 4 nitrogen and oxygen atoms in total. The van der Waals surface area contributed by atoms with Crippen LogP contribution in [0.25, 0.3) is 0 Å². The van der Waals surface area contributed by atoms with Crippen molar-refractivity contribution in [2.75, 3.05) is 11.5 Å². The van der Waals surface area contributed by atoms with Gasteiger partial charge in [-0.15, -0.1) is 0 Å². The minimum absolute atomic E-state index is 0.129. The van der Waals surface area contributed by atoms with Crippen molar-refractivity contribution < 1.29 is 18.4 Å². The summed E-state index contributed by atoms with van der Waals surface area (Å²) in [6.07, 6.45) is 0. The molecule has 0 bridgehead atoms. The highest BCUT2D eigenvalue weighted by Crippen LogP contribution is 2.18. The lowest BCUT2D eigenvalue weighted by Gasteiger charge is -2.04. The molecule has 0 fully saturated rings. The molecule has 0 unspecified atom stereocenters. The van der Waals surface area contributed by atoms with Crippen molar-refractivity contribution in [3.8, 4) is 0 Å². The molecule has 0 aliphatic heterocycles. The number of benzene rings is 2. The molecule has 0 aromatic heterocycles. The van der Waals surface area contributed by atoms with Gasteiger partial charge in [0, 0.05) is 11.4 Å². The molecule has 4 N–H and O–H groups in total. The number of halogens is 2. The highest BCUT2D eigenvalue weighted by Gasteiger charge is 2.11. The lowest BCUT2D eigenvalue weighted by Crippen LogP contribution is -2.02. The average Bonchev–Trinajstić information content (AvgIpc) is 2.35. The molecule has 2 aromatic rings. The normalized spacial score (nSPS) is 9.92. The summed E-state index contributed by atoms with van der Waals surface area (Å²) >= 11 is 0. The maximum absolute atomic E-state index is 13.1. The smallest absolute Gasteiger partial charge is 0.163 e. The molecule has 6 heteroatoms. The van der Waals surface area contributed by atoms with Crippen LogP contribution in [0, 0.1) is 25.5 Å². The predicted octanol–water partition coefficient (Wildman–Crippen LogP) is 3.84. The van der Waals surface area contributed by atoms with Crippen LogP contribution < -0.4 is 11.5 Å². The second-order valence-electron chi connectivity index (χ2n) is 5.50. The summed E-state index contributed by atoms with van der Waals surface area (Å²) in [6.45, 7) is 6.00. The summed E-state index contributed by atoms with van der Waals surface area (Å²) in [5.41, 5.74) is 12.9. The van der Waals surface area contributed by atoms with Gasteiger partial charge in [-0.1, -0.05) is 0 Å². The number of hydrogen-bond donors (Lipinski definition) is 2. The fourth-order valence-corrected chi connectivity index (χ4v) is 2.43. The number of nitrogens with two attached hydrogens (primary N) is 2. The van der Waals surface area contributed by atoms with Gasteiger partial charge in [0.25, 0.3) is 0 Å². The number of nitrogen functional groups attached to an aromatic ring is 2. The zero-order chi connectivity index (χ0) is 18.6. The first kappa shape index (κ1) is 19.3. The van der Waals surface area contributed by atoms with Gasteiger partial charge in [-0.25, -0.2) is 8.78 Å². The van der Waals surface area contributed by atoms with E-state index >= 15 is 0 Å². The number of Topliss-reactive ketones (excluding diaryl/α,β-unsaturated/α-hetero) is 2. The molecule has 24 heavy (non-hydrogen) atoms. The van der Waals surface area contributed by atoms with Gasteiger partial charge in [0.15, 0.2) is 11.6 Å². The second kappa shape index (κ2) is 7.68. The Balaban J connectivity index is 0.000000240. The van der Waals surface area contributed by atoms with E-state index in [9.17, 15) is 18.4 Å². The topological polar surface area (TPSA) is 86.2 Å². The molecule has 0 radical (unpaired) electrons. The lowest BCUT2D eigenvalue weighted by atomic mass is 10.0. The van der Waals surface area contributed by atoms with E-state index in [0.717, 1.165) is 12.1 Å². The van der Waals surface area contributed by atoms with Crippen molar-refractivity contribution in [2.45, 2.75) is 27.7 Å². The van der Waals surface area contributed by atoms with Gasteiger partial charge < -0.3 is 11.5 Å². The lowest BCUT2D eigenvalue weighted by molar-refractivity contribution is 0.1000. The SMILES string of the molecule is CC(=O)c1c(C)cc(N)cc1F.CC(=O)c1c(C)cc(N)cc1F. The van der Waals surface area contributed by atoms with E-state index in [2.05, 4.69) is 0 Å². The van der Waals surface area contributed by atoms with E-state index in [4.69, 9.17) is 11.5 Å². The number of carbonyl (C=O) groups excluding carboxylic acids is 2. The van der Waals surface area contributed by atoms with Crippen LogP contribution in [-0.2, 0) is 0 Å². The highest BCUT2D eigenvalue weighted by atomic mass is 19.1. The minimum atomic E-state index is -0.542. The Bertz CT molecular complexity index is 688. The fraction of sp³-hybridized carbons (Fsp3) is 0.222. The molecule has 2 aromatic carbocycles. The molecule has 0 aliphatic rings. The molecule has 128 valence electrons. The summed E-state index contributed by atoms with van der Waals surface area (Å²) in [4.78, 5) is 21.8. The monoisotopic (exact) mass is 334 g/mol.